The van der Waals surface area contributed by atoms with Gasteiger partial charge in [-0.2, -0.15) is 0 Å². The smallest absolute Gasteiger partial charge is 0.233 e. The van der Waals surface area contributed by atoms with E-state index in [0.717, 1.165) is 5.56 Å². The van der Waals surface area contributed by atoms with E-state index in [9.17, 15) is 4.79 Å². The van der Waals surface area contributed by atoms with E-state index < -0.39 is 9.75 Å². The lowest BCUT2D eigenvalue weighted by Gasteiger charge is -2.14. The highest BCUT2D eigenvalue weighted by atomic mass is 35.5. The fourth-order valence-corrected chi connectivity index (χ4v) is 2.51. The van der Waals surface area contributed by atoms with Gasteiger partial charge in [0.1, 0.15) is 4.33 Å². The predicted octanol–water partition coefficient (Wildman–Crippen LogP) is 4.17. The van der Waals surface area contributed by atoms with E-state index in [1.165, 1.54) is 0 Å². The summed E-state index contributed by atoms with van der Waals surface area (Å²) in [5.41, 5.74) is 0.923. The summed E-state index contributed by atoms with van der Waals surface area (Å²) in [6, 6.07) is 5.34. The molecule has 0 spiro atoms. The topological polar surface area (TPSA) is 29.1 Å². The largest absolute Gasteiger partial charge is 0.325 e. The molecule has 0 bridgehead atoms. The molecule has 2 nitrogen and oxygen atoms in total. The SMILES string of the molecule is Cc1ccc(Cl)cc1NC(=O)C1(C)CC1(Cl)Cl. The minimum atomic E-state index is -0.955. The Kier molecular flexibility index (Phi) is 3.09. The van der Waals surface area contributed by atoms with Crippen molar-refractivity contribution >= 4 is 46.4 Å². The number of aryl methyl sites for hydroxylation is 1. The summed E-state index contributed by atoms with van der Waals surface area (Å²) in [5, 5.41) is 3.40. The van der Waals surface area contributed by atoms with Crippen LogP contribution in [0.25, 0.3) is 0 Å². The lowest BCUT2D eigenvalue weighted by Crippen LogP contribution is -2.26. The fraction of sp³-hybridized carbons (Fsp3) is 0.417. The van der Waals surface area contributed by atoms with Crippen LogP contribution >= 0.6 is 34.8 Å². The van der Waals surface area contributed by atoms with Gasteiger partial charge in [-0.1, -0.05) is 17.7 Å². The van der Waals surface area contributed by atoms with Crippen molar-refractivity contribution in [2.45, 2.75) is 24.6 Å². The molecule has 0 radical (unpaired) electrons. The Labute approximate surface area is 115 Å². The lowest BCUT2D eigenvalue weighted by atomic mass is 10.1. The van der Waals surface area contributed by atoms with Gasteiger partial charge in [0.2, 0.25) is 5.91 Å². The van der Waals surface area contributed by atoms with Crippen LogP contribution < -0.4 is 5.32 Å². The molecular formula is C12H12Cl3NO. The van der Waals surface area contributed by atoms with Crippen molar-refractivity contribution in [2.75, 3.05) is 5.32 Å². The van der Waals surface area contributed by atoms with E-state index in [1.807, 2.05) is 13.0 Å². The molecule has 1 aromatic rings. The molecule has 0 aromatic heterocycles. The Morgan fingerprint density at radius 3 is 2.53 bits per heavy atom. The van der Waals surface area contributed by atoms with Crippen molar-refractivity contribution in [1.82, 2.24) is 0 Å². The van der Waals surface area contributed by atoms with Crippen LogP contribution in [0, 0.1) is 12.3 Å². The summed E-state index contributed by atoms with van der Waals surface area (Å²) in [7, 11) is 0. The first-order valence-electron chi connectivity index (χ1n) is 5.22. The average Bonchev–Trinajstić information content (AvgIpc) is 2.74. The van der Waals surface area contributed by atoms with E-state index in [1.54, 1.807) is 19.1 Å². The van der Waals surface area contributed by atoms with Crippen molar-refractivity contribution in [3.8, 4) is 0 Å². The van der Waals surface area contributed by atoms with Crippen molar-refractivity contribution in [2.24, 2.45) is 5.41 Å². The van der Waals surface area contributed by atoms with Gasteiger partial charge in [0, 0.05) is 10.7 Å². The Balaban J connectivity index is 2.17. The monoisotopic (exact) mass is 291 g/mol. The predicted molar refractivity (Wildman–Crippen MR) is 72.0 cm³/mol. The molecule has 1 aromatic carbocycles. The summed E-state index contributed by atoms with van der Waals surface area (Å²) < 4.78 is -0.955. The van der Waals surface area contributed by atoms with Gasteiger partial charge in [-0.3, -0.25) is 4.79 Å². The Morgan fingerprint density at radius 2 is 2.00 bits per heavy atom. The van der Waals surface area contributed by atoms with Gasteiger partial charge in [0.25, 0.3) is 0 Å². The van der Waals surface area contributed by atoms with Crippen molar-refractivity contribution in [3.05, 3.63) is 28.8 Å². The van der Waals surface area contributed by atoms with E-state index in [2.05, 4.69) is 5.32 Å². The molecule has 1 atom stereocenters. The van der Waals surface area contributed by atoms with Gasteiger partial charge in [-0.25, -0.2) is 0 Å². The number of carbonyl (C=O) groups is 1. The van der Waals surface area contributed by atoms with Crippen molar-refractivity contribution in [1.29, 1.82) is 0 Å². The second kappa shape index (κ2) is 4.04. The van der Waals surface area contributed by atoms with E-state index in [-0.39, 0.29) is 5.91 Å². The molecule has 1 fully saturated rings. The molecule has 1 N–H and O–H groups in total. The van der Waals surface area contributed by atoms with Gasteiger partial charge in [0.05, 0.1) is 5.41 Å². The highest BCUT2D eigenvalue weighted by molar-refractivity contribution is 6.53. The van der Waals surface area contributed by atoms with Gasteiger partial charge in [0.15, 0.2) is 0 Å². The molecule has 1 aliphatic rings. The van der Waals surface area contributed by atoms with Crippen LogP contribution in [0.1, 0.15) is 18.9 Å². The minimum absolute atomic E-state index is 0.173. The third-order valence-corrected chi connectivity index (χ3v) is 4.54. The highest BCUT2D eigenvalue weighted by Crippen LogP contribution is 2.64. The Bertz CT molecular complexity index is 487. The van der Waals surface area contributed by atoms with Crippen molar-refractivity contribution in [3.63, 3.8) is 0 Å². The molecule has 5 heteroatoms. The first-order chi connectivity index (χ1) is 7.76. The second-order valence-corrected chi connectivity index (χ2v) is 6.55. The van der Waals surface area contributed by atoms with Crippen LogP contribution in [0.5, 0.6) is 0 Å². The zero-order valence-electron chi connectivity index (χ0n) is 9.48. The summed E-state index contributed by atoms with van der Waals surface area (Å²) in [6.07, 6.45) is 0.467. The van der Waals surface area contributed by atoms with Gasteiger partial charge in [-0.15, -0.1) is 23.2 Å². The molecular weight excluding hydrogens is 280 g/mol. The van der Waals surface area contributed by atoms with Crippen LogP contribution in [-0.4, -0.2) is 10.2 Å². The lowest BCUT2D eigenvalue weighted by molar-refractivity contribution is -0.120. The Morgan fingerprint density at radius 1 is 1.41 bits per heavy atom. The number of hydrogen-bond acceptors (Lipinski definition) is 1. The highest BCUT2D eigenvalue weighted by Gasteiger charge is 2.67. The third-order valence-electron chi connectivity index (χ3n) is 3.21. The summed E-state index contributed by atoms with van der Waals surface area (Å²) in [6.45, 7) is 3.65. The van der Waals surface area contributed by atoms with Crippen LogP contribution in [0.2, 0.25) is 5.02 Å². The zero-order valence-corrected chi connectivity index (χ0v) is 11.7. The molecule has 1 amide bonds. The maximum Gasteiger partial charge on any atom is 0.233 e. The number of alkyl halides is 2. The van der Waals surface area contributed by atoms with Gasteiger partial charge >= 0.3 is 0 Å². The minimum Gasteiger partial charge on any atom is -0.325 e. The number of anilines is 1. The molecule has 92 valence electrons. The summed E-state index contributed by atoms with van der Waals surface area (Å²) >= 11 is 17.8. The number of nitrogens with one attached hydrogen (secondary N) is 1. The maximum atomic E-state index is 12.1. The molecule has 1 unspecified atom stereocenters. The van der Waals surface area contributed by atoms with E-state index >= 15 is 0 Å². The molecule has 1 saturated carbocycles. The molecule has 0 heterocycles. The van der Waals surface area contributed by atoms with Crippen LogP contribution in [0.3, 0.4) is 0 Å². The molecule has 0 saturated heterocycles. The fourth-order valence-electron chi connectivity index (χ4n) is 1.64. The third kappa shape index (κ3) is 2.26. The molecule has 1 aliphatic carbocycles. The van der Waals surface area contributed by atoms with Crippen LogP contribution in [0.4, 0.5) is 5.69 Å². The van der Waals surface area contributed by atoms with Gasteiger partial charge in [-0.05, 0) is 38.0 Å². The Hall–Kier alpha value is -0.440. The number of hydrogen-bond donors (Lipinski definition) is 1. The number of halogens is 3. The van der Waals surface area contributed by atoms with Crippen LogP contribution in [-0.2, 0) is 4.79 Å². The number of benzene rings is 1. The summed E-state index contributed by atoms with van der Waals surface area (Å²) in [4.78, 5) is 12.1. The first-order valence-corrected chi connectivity index (χ1v) is 6.35. The van der Waals surface area contributed by atoms with E-state index in [0.29, 0.717) is 17.1 Å². The first kappa shape index (κ1) is 13.0. The number of amides is 1. The van der Waals surface area contributed by atoms with Crippen molar-refractivity contribution < 1.29 is 4.79 Å². The zero-order chi connectivity index (χ0) is 12.8. The molecule has 0 aliphatic heterocycles. The standard InChI is InChI=1S/C12H12Cl3NO/c1-7-3-4-8(13)5-9(7)16-10(17)11(2)6-12(11,14)15/h3-5H,6H2,1-2H3,(H,16,17). The number of rotatable bonds is 2. The quantitative estimate of drug-likeness (QED) is 0.814. The van der Waals surface area contributed by atoms with Crippen LogP contribution in [0.15, 0.2) is 18.2 Å². The molecule has 2 rings (SSSR count). The van der Waals surface area contributed by atoms with Gasteiger partial charge < -0.3 is 5.32 Å². The second-order valence-electron chi connectivity index (χ2n) is 4.63. The normalized spacial score (nSPS) is 25.5. The average molecular weight is 293 g/mol. The maximum absolute atomic E-state index is 12.1. The number of carbonyl (C=O) groups excluding carboxylic acids is 1. The van der Waals surface area contributed by atoms with E-state index in [4.69, 9.17) is 34.8 Å². The molecule has 17 heavy (non-hydrogen) atoms. The summed E-state index contributed by atoms with van der Waals surface area (Å²) in [5.74, 6) is -0.173.